The number of carbonyl (C=O) groups is 2. The molecule has 2 heterocycles. The molecule has 0 aliphatic carbocycles. The lowest BCUT2D eigenvalue weighted by atomic mass is 10.1. The zero-order valence-corrected chi connectivity index (χ0v) is 17.2. The third-order valence-corrected chi connectivity index (χ3v) is 6.02. The number of anilines is 3. The molecule has 0 radical (unpaired) electrons. The Balaban J connectivity index is 1.46. The SMILES string of the molecule is Nc1c(Cl)cccc1NC(=O)Nc1cccc(C(=O)N2CCN3CCCC3C2)c1O. The lowest BCUT2D eigenvalue weighted by Crippen LogP contribution is -2.52. The maximum atomic E-state index is 13.0. The summed E-state index contributed by atoms with van der Waals surface area (Å²) < 4.78 is 0. The number of amides is 3. The molecule has 5 N–H and O–H groups in total. The van der Waals surface area contributed by atoms with E-state index in [4.69, 9.17) is 17.3 Å². The van der Waals surface area contributed by atoms with Crippen molar-refractivity contribution in [1.29, 1.82) is 0 Å². The normalized spacial score (nSPS) is 18.7. The molecular formula is C21H24ClN5O3. The van der Waals surface area contributed by atoms with Crippen molar-refractivity contribution in [3.05, 3.63) is 47.0 Å². The smallest absolute Gasteiger partial charge is 0.323 e. The van der Waals surface area contributed by atoms with Crippen LogP contribution in [0.1, 0.15) is 23.2 Å². The van der Waals surface area contributed by atoms with Crippen LogP contribution in [0.3, 0.4) is 0 Å². The first-order chi connectivity index (χ1) is 14.4. The lowest BCUT2D eigenvalue weighted by molar-refractivity contribution is 0.0568. The quantitative estimate of drug-likeness (QED) is 0.442. The van der Waals surface area contributed by atoms with Crippen molar-refractivity contribution < 1.29 is 14.7 Å². The molecule has 3 amide bonds. The summed E-state index contributed by atoms with van der Waals surface area (Å²) in [5, 5.41) is 16.1. The maximum Gasteiger partial charge on any atom is 0.323 e. The van der Waals surface area contributed by atoms with E-state index in [-0.39, 0.29) is 28.6 Å². The van der Waals surface area contributed by atoms with Crippen LogP contribution in [0.15, 0.2) is 36.4 Å². The molecule has 30 heavy (non-hydrogen) atoms. The Morgan fingerprint density at radius 1 is 1.07 bits per heavy atom. The number of nitrogens with one attached hydrogen (secondary N) is 2. The van der Waals surface area contributed by atoms with Crippen LogP contribution in [0.25, 0.3) is 0 Å². The predicted molar refractivity (Wildman–Crippen MR) is 117 cm³/mol. The first kappa shape index (κ1) is 20.3. The monoisotopic (exact) mass is 429 g/mol. The first-order valence-corrected chi connectivity index (χ1v) is 10.3. The van der Waals surface area contributed by atoms with Crippen molar-refractivity contribution in [3.8, 4) is 5.75 Å². The molecule has 2 aliphatic heterocycles. The Morgan fingerprint density at radius 2 is 1.80 bits per heavy atom. The van der Waals surface area contributed by atoms with Gasteiger partial charge in [0.05, 0.1) is 27.6 Å². The van der Waals surface area contributed by atoms with Crippen LogP contribution in [-0.2, 0) is 0 Å². The average molecular weight is 430 g/mol. The number of piperazine rings is 1. The number of hydrogen-bond acceptors (Lipinski definition) is 5. The summed E-state index contributed by atoms with van der Waals surface area (Å²) in [6, 6.07) is 9.40. The fraction of sp³-hybridized carbons (Fsp3) is 0.333. The van der Waals surface area contributed by atoms with Gasteiger partial charge in [-0.25, -0.2) is 4.79 Å². The summed E-state index contributed by atoms with van der Waals surface area (Å²) in [7, 11) is 0. The van der Waals surface area contributed by atoms with E-state index in [0.717, 1.165) is 25.9 Å². The summed E-state index contributed by atoms with van der Waals surface area (Å²) in [5.74, 6) is -0.493. The van der Waals surface area contributed by atoms with E-state index in [2.05, 4.69) is 15.5 Å². The van der Waals surface area contributed by atoms with Crippen molar-refractivity contribution >= 4 is 40.6 Å². The number of nitrogens with two attached hydrogens (primary N) is 1. The lowest BCUT2D eigenvalue weighted by Gasteiger charge is -2.37. The summed E-state index contributed by atoms with van der Waals surface area (Å²) in [6.45, 7) is 3.22. The van der Waals surface area contributed by atoms with Crippen LogP contribution in [0.2, 0.25) is 5.02 Å². The Morgan fingerprint density at radius 3 is 2.63 bits per heavy atom. The van der Waals surface area contributed by atoms with Gasteiger partial charge in [-0.1, -0.05) is 23.7 Å². The Hall–Kier alpha value is -2.97. The molecule has 2 fully saturated rings. The third-order valence-electron chi connectivity index (χ3n) is 5.69. The second-order valence-corrected chi connectivity index (χ2v) is 7.97. The van der Waals surface area contributed by atoms with Gasteiger partial charge in [0, 0.05) is 25.7 Å². The van der Waals surface area contributed by atoms with Gasteiger partial charge < -0.3 is 26.4 Å². The molecule has 8 nitrogen and oxygen atoms in total. The van der Waals surface area contributed by atoms with Crippen LogP contribution in [-0.4, -0.2) is 59.1 Å². The zero-order chi connectivity index (χ0) is 21.3. The number of halogens is 1. The maximum absolute atomic E-state index is 13.0. The number of phenolic OH excluding ortho intramolecular Hbond substituents is 1. The Kier molecular flexibility index (Phi) is 5.69. The number of rotatable bonds is 3. The summed E-state index contributed by atoms with van der Waals surface area (Å²) in [6.07, 6.45) is 2.24. The number of phenols is 1. The van der Waals surface area contributed by atoms with Crippen LogP contribution in [0, 0.1) is 0 Å². The second-order valence-electron chi connectivity index (χ2n) is 7.57. The van der Waals surface area contributed by atoms with E-state index in [1.165, 1.54) is 6.07 Å². The van der Waals surface area contributed by atoms with Crippen LogP contribution >= 0.6 is 11.6 Å². The highest BCUT2D eigenvalue weighted by molar-refractivity contribution is 6.33. The van der Waals surface area contributed by atoms with Gasteiger partial charge in [0.1, 0.15) is 0 Å². The van der Waals surface area contributed by atoms with Gasteiger partial charge >= 0.3 is 6.03 Å². The fourth-order valence-corrected chi connectivity index (χ4v) is 4.26. The minimum absolute atomic E-state index is 0.137. The average Bonchev–Trinajstić information content (AvgIpc) is 3.20. The number of nitrogen functional groups attached to an aromatic ring is 1. The highest BCUT2D eigenvalue weighted by atomic mass is 35.5. The van der Waals surface area contributed by atoms with Crippen LogP contribution in [0.4, 0.5) is 21.9 Å². The Bertz CT molecular complexity index is 983. The molecule has 2 aromatic carbocycles. The molecule has 0 bridgehead atoms. The molecule has 0 saturated carbocycles. The van der Waals surface area contributed by atoms with Gasteiger partial charge in [-0.3, -0.25) is 9.69 Å². The van der Waals surface area contributed by atoms with Crippen LogP contribution < -0.4 is 16.4 Å². The standard InChI is InChI=1S/C21H24ClN5O3/c22-15-6-2-7-16(18(15)23)24-21(30)25-17-8-1-5-14(19(17)28)20(29)27-11-10-26-9-3-4-13(26)12-27/h1-2,5-8,13,28H,3-4,9-12,23H2,(H2,24,25,30). The van der Waals surface area contributed by atoms with E-state index >= 15 is 0 Å². The third kappa shape index (κ3) is 4.01. The highest BCUT2D eigenvalue weighted by Crippen LogP contribution is 2.31. The Labute approximate surface area is 179 Å². The van der Waals surface area contributed by atoms with Gasteiger partial charge in [-0.2, -0.15) is 0 Å². The van der Waals surface area contributed by atoms with Gasteiger partial charge in [0.25, 0.3) is 5.91 Å². The molecule has 2 aromatic rings. The molecule has 2 saturated heterocycles. The summed E-state index contributed by atoms with van der Waals surface area (Å²) >= 11 is 5.96. The molecule has 2 aliphatic rings. The number of benzene rings is 2. The molecular weight excluding hydrogens is 406 g/mol. The number of urea groups is 1. The number of hydrogen-bond donors (Lipinski definition) is 4. The van der Waals surface area contributed by atoms with Crippen molar-refractivity contribution in [2.75, 3.05) is 42.5 Å². The molecule has 0 aromatic heterocycles. The second kappa shape index (κ2) is 8.41. The fourth-order valence-electron chi connectivity index (χ4n) is 4.08. The topological polar surface area (TPSA) is 111 Å². The molecule has 1 unspecified atom stereocenters. The van der Waals surface area contributed by atoms with Crippen molar-refractivity contribution in [3.63, 3.8) is 0 Å². The molecule has 1 atom stereocenters. The van der Waals surface area contributed by atoms with Crippen molar-refractivity contribution in [1.82, 2.24) is 9.80 Å². The zero-order valence-electron chi connectivity index (χ0n) is 16.4. The number of fused-ring (bicyclic) bond motifs is 1. The van der Waals surface area contributed by atoms with E-state index in [0.29, 0.717) is 29.8 Å². The summed E-state index contributed by atoms with van der Waals surface area (Å²) in [5.41, 5.74) is 6.76. The summed E-state index contributed by atoms with van der Waals surface area (Å²) in [4.78, 5) is 29.6. The largest absolute Gasteiger partial charge is 0.505 e. The molecule has 4 rings (SSSR count). The van der Waals surface area contributed by atoms with Gasteiger partial charge in [0.15, 0.2) is 5.75 Å². The van der Waals surface area contributed by atoms with Gasteiger partial charge in [-0.15, -0.1) is 0 Å². The number of carbonyl (C=O) groups excluding carboxylic acids is 2. The van der Waals surface area contributed by atoms with Gasteiger partial charge in [0.2, 0.25) is 0 Å². The predicted octanol–water partition coefficient (Wildman–Crippen LogP) is 3.19. The van der Waals surface area contributed by atoms with Crippen molar-refractivity contribution in [2.24, 2.45) is 0 Å². The molecule has 0 spiro atoms. The minimum Gasteiger partial charge on any atom is -0.505 e. The molecule has 158 valence electrons. The van der Waals surface area contributed by atoms with Crippen molar-refractivity contribution in [2.45, 2.75) is 18.9 Å². The number of nitrogens with zero attached hydrogens (tertiary/aromatic N) is 2. The van der Waals surface area contributed by atoms with E-state index < -0.39 is 6.03 Å². The highest BCUT2D eigenvalue weighted by Gasteiger charge is 2.33. The molecule has 9 heteroatoms. The minimum atomic E-state index is -0.608. The first-order valence-electron chi connectivity index (χ1n) is 9.91. The number of para-hydroxylation sites is 2. The van der Waals surface area contributed by atoms with E-state index in [9.17, 15) is 14.7 Å². The van der Waals surface area contributed by atoms with Crippen LogP contribution in [0.5, 0.6) is 5.75 Å². The van der Waals surface area contributed by atoms with Gasteiger partial charge in [-0.05, 0) is 43.7 Å². The van der Waals surface area contributed by atoms with E-state index in [1.807, 2.05) is 0 Å². The number of aromatic hydroxyl groups is 1. The van der Waals surface area contributed by atoms with E-state index in [1.54, 1.807) is 35.2 Å².